The maximum atomic E-state index is 12.9. The van der Waals surface area contributed by atoms with Gasteiger partial charge in [0.25, 0.3) is 0 Å². The molecule has 0 saturated heterocycles. The van der Waals surface area contributed by atoms with Gasteiger partial charge < -0.3 is 9.84 Å². The van der Waals surface area contributed by atoms with E-state index in [-0.39, 0.29) is 11.6 Å². The van der Waals surface area contributed by atoms with Crippen molar-refractivity contribution in [1.82, 2.24) is 0 Å². The van der Waals surface area contributed by atoms with E-state index >= 15 is 0 Å². The van der Waals surface area contributed by atoms with E-state index in [0.717, 1.165) is 10.0 Å². The molecule has 0 atom stereocenters. The van der Waals surface area contributed by atoms with E-state index in [1.54, 1.807) is 18.2 Å². The Hall–Kier alpha value is -1.10. The molecular weight excluding hydrogens is 322 g/mol. The average molecular weight is 332 g/mol. The predicted octanol–water partition coefficient (Wildman–Crippen LogP) is 4.53. The van der Waals surface area contributed by atoms with Crippen LogP contribution in [0.1, 0.15) is 5.56 Å². The van der Waals surface area contributed by atoms with Crippen LogP contribution in [0.2, 0.25) is 5.02 Å². The smallest absolute Gasteiger partial charge is 0.146 e. The van der Waals surface area contributed by atoms with Gasteiger partial charge in [-0.25, -0.2) is 4.39 Å². The van der Waals surface area contributed by atoms with Crippen molar-refractivity contribution in [2.75, 3.05) is 0 Å². The molecule has 2 aromatic carbocycles. The molecule has 1 N–H and O–H groups in total. The number of aliphatic hydroxyl groups is 1. The molecular formula is C13H9BrClFO2. The molecule has 18 heavy (non-hydrogen) atoms. The molecule has 2 nitrogen and oxygen atoms in total. The van der Waals surface area contributed by atoms with Gasteiger partial charge in [-0.1, -0.05) is 33.6 Å². The summed E-state index contributed by atoms with van der Waals surface area (Å²) in [6, 6.07) is 9.08. The Kier molecular flexibility index (Phi) is 4.22. The number of hydrogen-bond acceptors (Lipinski definition) is 2. The number of halogens is 3. The molecule has 5 heteroatoms. The lowest BCUT2D eigenvalue weighted by Gasteiger charge is -2.09. The molecule has 0 aliphatic rings. The fraction of sp³-hybridized carbons (Fsp3) is 0.0769. The quantitative estimate of drug-likeness (QED) is 0.895. The van der Waals surface area contributed by atoms with Gasteiger partial charge in [0.1, 0.15) is 17.3 Å². The van der Waals surface area contributed by atoms with E-state index in [4.69, 9.17) is 21.4 Å². The molecule has 0 saturated carbocycles. The van der Waals surface area contributed by atoms with Crippen molar-refractivity contribution in [3.63, 3.8) is 0 Å². The van der Waals surface area contributed by atoms with Gasteiger partial charge >= 0.3 is 0 Å². The van der Waals surface area contributed by atoms with Gasteiger partial charge in [0.05, 0.1) is 11.6 Å². The lowest BCUT2D eigenvalue weighted by atomic mass is 10.2. The molecule has 0 aliphatic heterocycles. The monoisotopic (exact) mass is 330 g/mol. The van der Waals surface area contributed by atoms with Crippen molar-refractivity contribution in [3.05, 3.63) is 57.3 Å². The standard InChI is InChI=1S/C13H9BrClFO2/c14-11-6-10(3-1-8(11)7-17)18-13-4-2-9(16)5-12(13)15/h1-6,17H,7H2. The first kappa shape index (κ1) is 13.3. The van der Waals surface area contributed by atoms with Crippen molar-refractivity contribution >= 4 is 27.5 Å². The number of rotatable bonds is 3. The molecule has 0 bridgehead atoms. The summed E-state index contributed by atoms with van der Waals surface area (Å²) in [5.74, 6) is 0.512. The first-order chi connectivity index (χ1) is 8.60. The zero-order chi connectivity index (χ0) is 13.1. The molecule has 2 aromatic rings. The van der Waals surface area contributed by atoms with E-state index < -0.39 is 5.82 Å². The third-order valence-corrected chi connectivity index (χ3v) is 3.35. The fourth-order valence-electron chi connectivity index (χ4n) is 1.40. The van der Waals surface area contributed by atoms with Crippen molar-refractivity contribution in [3.8, 4) is 11.5 Å². The van der Waals surface area contributed by atoms with Crippen molar-refractivity contribution in [1.29, 1.82) is 0 Å². The molecule has 2 rings (SSSR count). The van der Waals surface area contributed by atoms with Gasteiger partial charge in [0.15, 0.2) is 0 Å². The Balaban J connectivity index is 2.26. The van der Waals surface area contributed by atoms with E-state index in [1.165, 1.54) is 18.2 Å². The van der Waals surface area contributed by atoms with Gasteiger partial charge in [-0.2, -0.15) is 0 Å². The summed E-state index contributed by atoms with van der Waals surface area (Å²) in [6.45, 7) is -0.0574. The van der Waals surface area contributed by atoms with Gasteiger partial charge in [-0.3, -0.25) is 0 Å². The third kappa shape index (κ3) is 3.02. The van der Waals surface area contributed by atoms with Crippen LogP contribution >= 0.6 is 27.5 Å². The SMILES string of the molecule is OCc1ccc(Oc2ccc(F)cc2Cl)cc1Br. The summed E-state index contributed by atoms with van der Waals surface area (Å²) in [4.78, 5) is 0. The van der Waals surface area contributed by atoms with Crippen molar-refractivity contribution in [2.24, 2.45) is 0 Å². The van der Waals surface area contributed by atoms with Gasteiger partial charge in [0.2, 0.25) is 0 Å². The molecule has 0 spiro atoms. The molecule has 0 aliphatic carbocycles. The van der Waals surface area contributed by atoms with Crippen LogP contribution in [0.25, 0.3) is 0 Å². The van der Waals surface area contributed by atoms with E-state index in [0.29, 0.717) is 11.5 Å². The number of ether oxygens (including phenoxy) is 1. The summed E-state index contributed by atoms with van der Waals surface area (Å²) in [5, 5.41) is 9.25. The van der Waals surface area contributed by atoms with Crippen LogP contribution in [0.4, 0.5) is 4.39 Å². The number of aliphatic hydroxyl groups excluding tert-OH is 1. The summed E-state index contributed by atoms with van der Waals surface area (Å²) in [6.07, 6.45) is 0. The zero-order valence-corrected chi connectivity index (χ0v) is 11.5. The topological polar surface area (TPSA) is 29.5 Å². The van der Waals surface area contributed by atoms with Crippen LogP contribution < -0.4 is 4.74 Å². The highest BCUT2D eigenvalue weighted by Gasteiger charge is 2.06. The Morgan fingerprint density at radius 2 is 2.00 bits per heavy atom. The summed E-state index contributed by atoms with van der Waals surface area (Å²) >= 11 is 9.18. The highest BCUT2D eigenvalue weighted by atomic mass is 79.9. The minimum atomic E-state index is -0.413. The molecule has 0 radical (unpaired) electrons. The second-order valence-corrected chi connectivity index (χ2v) is 4.85. The number of hydrogen-bond donors (Lipinski definition) is 1. The van der Waals surface area contributed by atoms with Crippen LogP contribution in [0, 0.1) is 5.82 Å². The summed E-state index contributed by atoms with van der Waals surface area (Å²) < 4.78 is 19.1. The zero-order valence-electron chi connectivity index (χ0n) is 9.16. The Morgan fingerprint density at radius 3 is 2.61 bits per heavy atom. The van der Waals surface area contributed by atoms with Gasteiger partial charge in [-0.15, -0.1) is 0 Å². The third-order valence-electron chi connectivity index (χ3n) is 2.32. The average Bonchev–Trinajstić information content (AvgIpc) is 2.33. The Labute approximate surface area is 117 Å². The first-order valence-corrected chi connectivity index (χ1v) is 6.29. The molecule has 0 aromatic heterocycles. The molecule has 94 valence electrons. The second kappa shape index (κ2) is 5.69. The van der Waals surface area contributed by atoms with Crippen LogP contribution in [0.15, 0.2) is 40.9 Å². The fourth-order valence-corrected chi connectivity index (χ4v) is 2.09. The second-order valence-electron chi connectivity index (χ2n) is 3.59. The van der Waals surface area contributed by atoms with Crippen molar-refractivity contribution < 1.29 is 14.2 Å². The van der Waals surface area contributed by atoms with Gasteiger partial charge in [-0.05, 0) is 35.9 Å². The van der Waals surface area contributed by atoms with E-state index in [1.807, 2.05) is 0 Å². The van der Waals surface area contributed by atoms with Gasteiger partial charge in [0, 0.05) is 4.47 Å². The minimum absolute atomic E-state index is 0.0574. The highest BCUT2D eigenvalue weighted by Crippen LogP contribution is 2.32. The first-order valence-electron chi connectivity index (χ1n) is 5.12. The largest absolute Gasteiger partial charge is 0.456 e. The van der Waals surface area contributed by atoms with E-state index in [9.17, 15) is 4.39 Å². The maximum Gasteiger partial charge on any atom is 0.146 e. The molecule has 0 unspecified atom stereocenters. The van der Waals surface area contributed by atoms with Crippen LogP contribution in [0.3, 0.4) is 0 Å². The summed E-state index contributed by atoms with van der Waals surface area (Å²) in [5.41, 5.74) is 0.757. The predicted molar refractivity (Wildman–Crippen MR) is 71.5 cm³/mol. The molecule has 0 amide bonds. The van der Waals surface area contributed by atoms with Crippen LogP contribution in [0.5, 0.6) is 11.5 Å². The normalized spacial score (nSPS) is 10.4. The van der Waals surface area contributed by atoms with Crippen LogP contribution in [-0.4, -0.2) is 5.11 Å². The molecule has 0 heterocycles. The molecule has 0 fully saturated rings. The maximum absolute atomic E-state index is 12.9. The lowest BCUT2D eigenvalue weighted by molar-refractivity contribution is 0.281. The lowest BCUT2D eigenvalue weighted by Crippen LogP contribution is -1.89. The Bertz CT molecular complexity index is 575. The minimum Gasteiger partial charge on any atom is -0.456 e. The van der Waals surface area contributed by atoms with Crippen molar-refractivity contribution in [2.45, 2.75) is 6.61 Å². The number of benzene rings is 2. The highest BCUT2D eigenvalue weighted by molar-refractivity contribution is 9.10. The summed E-state index contributed by atoms with van der Waals surface area (Å²) in [7, 11) is 0. The Morgan fingerprint density at radius 1 is 1.22 bits per heavy atom. The van der Waals surface area contributed by atoms with Crippen LogP contribution in [-0.2, 0) is 6.61 Å². The van der Waals surface area contributed by atoms with E-state index in [2.05, 4.69) is 15.9 Å².